The van der Waals surface area contributed by atoms with Crippen molar-refractivity contribution < 1.29 is 0 Å². The van der Waals surface area contributed by atoms with Gasteiger partial charge in [-0.25, -0.2) is 0 Å². The van der Waals surface area contributed by atoms with Crippen LogP contribution in [0.5, 0.6) is 0 Å². The van der Waals surface area contributed by atoms with Gasteiger partial charge in [0.2, 0.25) is 0 Å². The maximum absolute atomic E-state index is 6.27. The van der Waals surface area contributed by atoms with Crippen LogP contribution in [0.3, 0.4) is 0 Å². The molecule has 0 bridgehead atoms. The van der Waals surface area contributed by atoms with Gasteiger partial charge in [-0.3, -0.25) is 0 Å². The normalized spacial score (nSPS) is 12.4. The zero-order valence-corrected chi connectivity index (χ0v) is 13.3. The molecule has 0 amide bonds. The first kappa shape index (κ1) is 15.4. The average molecular weight is 308 g/mol. The number of nitrogens with one attached hydrogen (secondary N) is 1. The molecule has 0 saturated carbocycles. The molecule has 1 N–H and O–H groups in total. The molecule has 2 aromatic carbocycles. The molecular formula is C17H19Cl2N. The third kappa shape index (κ3) is 3.54. The van der Waals surface area contributed by atoms with Crippen LogP contribution in [0, 0.1) is 6.92 Å². The fourth-order valence-corrected chi connectivity index (χ4v) is 2.82. The van der Waals surface area contributed by atoms with Crippen molar-refractivity contribution in [2.24, 2.45) is 0 Å². The summed E-state index contributed by atoms with van der Waals surface area (Å²) in [5, 5.41) is 5.15. The van der Waals surface area contributed by atoms with E-state index >= 15 is 0 Å². The smallest absolute Gasteiger partial charge is 0.0438 e. The van der Waals surface area contributed by atoms with E-state index in [1.54, 1.807) is 0 Å². The molecule has 1 unspecified atom stereocenters. The van der Waals surface area contributed by atoms with E-state index in [0.29, 0.717) is 0 Å². The third-order valence-electron chi connectivity index (χ3n) is 3.52. The third-order valence-corrected chi connectivity index (χ3v) is 4.30. The van der Waals surface area contributed by atoms with E-state index in [1.807, 2.05) is 30.3 Å². The van der Waals surface area contributed by atoms with Gasteiger partial charge in [-0.15, -0.1) is 0 Å². The Kier molecular flexibility index (Phi) is 5.47. The average Bonchev–Trinajstić information content (AvgIpc) is 2.44. The standard InChI is InChI=1S/C17H19Cl2N/c1-3-20-17(11-13-7-4-5-9-16(13)19)14-8-6-10-15(18)12(14)2/h4-10,17,20H,3,11H2,1-2H3. The molecule has 1 atom stereocenters. The van der Waals surface area contributed by atoms with Crippen LogP contribution in [0.4, 0.5) is 0 Å². The van der Waals surface area contributed by atoms with E-state index in [9.17, 15) is 0 Å². The minimum atomic E-state index is 0.221. The Hall–Kier alpha value is -1.02. The summed E-state index contributed by atoms with van der Waals surface area (Å²) in [4.78, 5) is 0. The second-order valence-electron chi connectivity index (χ2n) is 4.86. The van der Waals surface area contributed by atoms with Crippen molar-refractivity contribution in [3.8, 4) is 0 Å². The second-order valence-corrected chi connectivity index (χ2v) is 5.67. The molecule has 0 aromatic heterocycles. The molecule has 3 heteroatoms. The fraction of sp³-hybridized carbons (Fsp3) is 0.294. The first-order chi connectivity index (χ1) is 9.63. The van der Waals surface area contributed by atoms with Crippen LogP contribution in [0.2, 0.25) is 10.0 Å². The molecule has 20 heavy (non-hydrogen) atoms. The van der Waals surface area contributed by atoms with Crippen LogP contribution in [-0.4, -0.2) is 6.54 Å². The van der Waals surface area contributed by atoms with Crippen LogP contribution >= 0.6 is 23.2 Å². The summed E-state index contributed by atoms with van der Waals surface area (Å²) in [6, 6.07) is 14.3. The van der Waals surface area contributed by atoms with E-state index in [-0.39, 0.29) is 6.04 Å². The lowest BCUT2D eigenvalue weighted by Gasteiger charge is -2.21. The van der Waals surface area contributed by atoms with Crippen molar-refractivity contribution in [1.82, 2.24) is 5.32 Å². The van der Waals surface area contributed by atoms with Gasteiger partial charge in [-0.05, 0) is 48.7 Å². The number of halogens is 2. The highest BCUT2D eigenvalue weighted by Crippen LogP contribution is 2.28. The molecule has 2 aromatic rings. The van der Waals surface area contributed by atoms with Crippen molar-refractivity contribution >= 4 is 23.2 Å². The predicted molar refractivity (Wildman–Crippen MR) is 87.8 cm³/mol. The van der Waals surface area contributed by atoms with Crippen LogP contribution in [-0.2, 0) is 6.42 Å². The summed E-state index contributed by atoms with van der Waals surface area (Å²) in [5.74, 6) is 0. The number of hydrogen-bond donors (Lipinski definition) is 1. The fourth-order valence-electron chi connectivity index (χ4n) is 2.42. The SMILES string of the molecule is CCNC(Cc1ccccc1Cl)c1cccc(Cl)c1C. The summed E-state index contributed by atoms with van der Waals surface area (Å²) in [6.07, 6.45) is 0.856. The number of likely N-dealkylation sites (N-methyl/N-ethyl adjacent to an activating group) is 1. The molecule has 106 valence electrons. The van der Waals surface area contributed by atoms with Crippen molar-refractivity contribution in [2.75, 3.05) is 6.54 Å². The van der Waals surface area contributed by atoms with Gasteiger partial charge in [-0.2, -0.15) is 0 Å². The summed E-state index contributed by atoms with van der Waals surface area (Å²) in [6.45, 7) is 5.08. The molecule has 0 aliphatic carbocycles. The van der Waals surface area contributed by atoms with Gasteiger partial charge >= 0.3 is 0 Å². The van der Waals surface area contributed by atoms with E-state index in [1.165, 1.54) is 5.56 Å². The van der Waals surface area contributed by atoms with E-state index in [4.69, 9.17) is 23.2 Å². The van der Waals surface area contributed by atoms with Crippen molar-refractivity contribution in [2.45, 2.75) is 26.3 Å². The van der Waals surface area contributed by atoms with Crippen molar-refractivity contribution in [1.29, 1.82) is 0 Å². The van der Waals surface area contributed by atoms with Gasteiger partial charge in [0, 0.05) is 16.1 Å². The number of hydrogen-bond acceptors (Lipinski definition) is 1. The lowest BCUT2D eigenvalue weighted by atomic mass is 9.95. The van der Waals surface area contributed by atoms with E-state index < -0.39 is 0 Å². The van der Waals surface area contributed by atoms with Gasteiger partial charge in [0.15, 0.2) is 0 Å². The van der Waals surface area contributed by atoms with Crippen LogP contribution in [0.1, 0.15) is 29.7 Å². The van der Waals surface area contributed by atoms with Crippen molar-refractivity contribution in [3.05, 3.63) is 69.2 Å². The molecule has 2 rings (SSSR count). The Balaban J connectivity index is 2.32. The lowest BCUT2D eigenvalue weighted by molar-refractivity contribution is 0.547. The van der Waals surface area contributed by atoms with Crippen LogP contribution in [0.15, 0.2) is 42.5 Å². The number of benzene rings is 2. The first-order valence-corrected chi connectivity index (χ1v) is 7.61. The van der Waals surface area contributed by atoms with Gasteiger partial charge in [0.25, 0.3) is 0 Å². The second kappa shape index (κ2) is 7.12. The summed E-state index contributed by atoms with van der Waals surface area (Å²) in [7, 11) is 0. The van der Waals surface area contributed by atoms with Crippen molar-refractivity contribution in [3.63, 3.8) is 0 Å². The van der Waals surface area contributed by atoms with Crippen LogP contribution in [0.25, 0.3) is 0 Å². The predicted octanol–water partition coefficient (Wildman–Crippen LogP) is 5.20. The Labute approximate surface area is 130 Å². The zero-order valence-electron chi connectivity index (χ0n) is 11.8. The Bertz CT molecular complexity index is 581. The van der Waals surface area contributed by atoms with E-state index in [0.717, 1.165) is 34.1 Å². The monoisotopic (exact) mass is 307 g/mol. The Morgan fingerprint density at radius 3 is 2.40 bits per heavy atom. The minimum Gasteiger partial charge on any atom is -0.310 e. The molecule has 1 nitrogen and oxygen atoms in total. The molecule has 0 saturated heterocycles. The highest BCUT2D eigenvalue weighted by atomic mass is 35.5. The van der Waals surface area contributed by atoms with Gasteiger partial charge in [0.05, 0.1) is 0 Å². The molecule has 0 radical (unpaired) electrons. The minimum absolute atomic E-state index is 0.221. The molecular weight excluding hydrogens is 289 g/mol. The molecule has 0 fully saturated rings. The molecule has 0 aliphatic rings. The maximum Gasteiger partial charge on any atom is 0.0438 e. The topological polar surface area (TPSA) is 12.0 Å². The van der Waals surface area contributed by atoms with E-state index in [2.05, 4.69) is 31.3 Å². The Morgan fingerprint density at radius 1 is 1.00 bits per heavy atom. The molecule has 0 heterocycles. The Morgan fingerprint density at radius 2 is 1.70 bits per heavy atom. The summed E-state index contributed by atoms with van der Waals surface area (Å²) in [5.41, 5.74) is 3.52. The van der Waals surface area contributed by atoms with Crippen LogP contribution < -0.4 is 5.32 Å². The quantitative estimate of drug-likeness (QED) is 0.801. The maximum atomic E-state index is 6.27. The highest BCUT2D eigenvalue weighted by Gasteiger charge is 2.16. The summed E-state index contributed by atoms with van der Waals surface area (Å²) < 4.78 is 0. The zero-order chi connectivity index (χ0) is 14.5. The van der Waals surface area contributed by atoms with Gasteiger partial charge in [0.1, 0.15) is 0 Å². The van der Waals surface area contributed by atoms with Gasteiger partial charge < -0.3 is 5.32 Å². The lowest BCUT2D eigenvalue weighted by Crippen LogP contribution is -2.24. The number of rotatable bonds is 5. The first-order valence-electron chi connectivity index (χ1n) is 6.85. The van der Waals surface area contributed by atoms with Gasteiger partial charge in [-0.1, -0.05) is 60.5 Å². The largest absolute Gasteiger partial charge is 0.310 e. The molecule has 0 spiro atoms. The molecule has 0 aliphatic heterocycles. The summed E-state index contributed by atoms with van der Waals surface area (Å²) >= 11 is 12.5. The highest BCUT2D eigenvalue weighted by molar-refractivity contribution is 6.31.